The SMILES string of the molecule is O=C(N[C@H](Cc1ccc(-c2ccccc2)cc1)C[C@@H](O)C(=O)O)C1CC(c2ccncc2)NN1. The number of hydrogen-bond donors (Lipinski definition) is 5. The molecule has 1 saturated heterocycles. The Morgan fingerprint density at radius 1 is 0.971 bits per heavy atom. The van der Waals surface area contributed by atoms with Gasteiger partial charge in [0.15, 0.2) is 6.10 Å². The minimum absolute atomic E-state index is 0.0349. The van der Waals surface area contributed by atoms with Crippen LogP contribution in [0.25, 0.3) is 11.1 Å². The second-order valence-corrected chi connectivity index (χ2v) is 8.47. The zero-order valence-electron chi connectivity index (χ0n) is 18.6. The number of aliphatic carboxylic acids is 1. The molecule has 2 aromatic carbocycles. The number of carboxylic acid groups (broad SMARTS) is 1. The van der Waals surface area contributed by atoms with Gasteiger partial charge in [0.05, 0.1) is 0 Å². The summed E-state index contributed by atoms with van der Waals surface area (Å²) in [6, 6.07) is 20.6. The van der Waals surface area contributed by atoms with Gasteiger partial charge >= 0.3 is 5.97 Å². The van der Waals surface area contributed by atoms with Gasteiger partial charge in [0.25, 0.3) is 0 Å². The summed E-state index contributed by atoms with van der Waals surface area (Å²) in [5, 5.41) is 22.1. The summed E-state index contributed by atoms with van der Waals surface area (Å²) in [4.78, 5) is 28.2. The van der Waals surface area contributed by atoms with Gasteiger partial charge in [-0.1, -0.05) is 54.6 Å². The Hall–Kier alpha value is -3.59. The van der Waals surface area contributed by atoms with Crippen molar-refractivity contribution in [2.75, 3.05) is 0 Å². The van der Waals surface area contributed by atoms with Crippen LogP contribution in [0.4, 0.5) is 0 Å². The number of pyridine rings is 1. The molecule has 34 heavy (non-hydrogen) atoms. The van der Waals surface area contributed by atoms with Gasteiger partial charge in [-0.25, -0.2) is 15.6 Å². The van der Waals surface area contributed by atoms with Crippen LogP contribution in [0, 0.1) is 0 Å². The molecular formula is C26H28N4O4. The Morgan fingerprint density at radius 3 is 2.32 bits per heavy atom. The standard InChI is InChI=1S/C26H28N4O4/c31-24(26(33)34)15-21(14-17-6-8-19(9-7-17)18-4-2-1-3-5-18)28-25(32)23-16-22(29-30-23)20-10-12-27-13-11-20/h1-13,21-24,29-31H,14-16H2,(H,28,32)(H,33,34)/t21-,22?,23?,24-/m1/s1. The quantitative estimate of drug-likeness (QED) is 0.332. The molecule has 1 fully saturated rings. The van der Waals surface area contributed by atoms with E-state index in [4.69, 9.17) is 0 Å². The Morgan fingerprint density at radius 2 is 1.65 bits per heavy atom. The minimum atomic E-state index is -1.56. The number of hydrogen-bond acceptors (Lipinski definition) is 6. The van der Waals surface area contributed by atoms with Gasteiger partial charge in [-0.2, -0.15) is 0 Å². The number of nitrogens with one attached hydrogen (secondary N) is 3. The first-order valence-corrected chi connectivity index (χ1v) is 11.3. The highest BCUT2D eigenvalue weighted by atomic mass is 16.4. The maximum absolute atomic E-state index is 13.0. The van der Waals surface area contributed by atoms with Crippen molar-refractivity contribution >= 4 is 11.9 Å². The van der Waals surface area contributed by atoms with E-state index >= 15 is 0 Å². The van der Waals surface area contributed by atoms with Crippen LogP contribution in [-0.2, 0) is 16.0 Å². The fourth-order valence-electron chi connectivity index (χ4n) is 4.16. The van der Waals surface area contributed by atoms with Crippen molar-refractivity contribution in [3.63, 3.8) is 0 Å². The van der Waals surface area contributed by atoms with Crippen molar-refractivity contribution in [3.8, 4) is 11.1 Å². The monoisotopic (exact) mass is 460 g/mol. The summed E-state index contributed by atoms with van der Waals surface area (Å²) in [7, 11) is 0. The average molecular weight is 461 g/mol. The van der Waals surface area contributed by atoms with Gasteiger partial charge in [-0.3, -0.25) is 9.78 Å². The molecule has 1 amide bonds. The highest BCUT2D eigenvalue weighted by Gasteiger charge is 2.32. The smallest absolute Gasteiger partial charge is 0.332 e. The van der Waals surface area contributed by atoms with Crippen molar-refractivity contribution < 1.29 is 19.8 Å². The Bertz CT molecular complexity index is 1090. The molecule has 2 unspecified atom stereocenters. The average Bonchev–Trinajstić information content (AvgIpc) is 3.36. The molecule has 0 aliphatic carbocycles. The predicted octanol–water partition coefficient (Wildman–Crippen LogP) is 2.22. The minimum Gasteiger partial charge on any atom is -0.479 e. The molecule has 1 aromatic heterocycles. The molecule has 5 N–H and O–H groups in total. The summed E-state index contributed by atoms with van der Waals surface area (Å²) in [5.41, 5.74) is 10.3. The van der Waals surface area contributed by atoms with E-state index in [0.29, 0.717) is 12.8 Å². The van der Waals surface area contributed by atoms with E-state index in [1.54, 1.807) is 12.4 Å². The lowest BCUT2D eigenvalue weighted by atomic mass is 9.97. The number of carbonyl (C=O) groups is 2. The van der Waals surface area contributed by atoms with Crippen LogP contribution in [-0.4, -0.2) is 45.3 Å². The summed E-state index contributed by atoms with van der Waals surface area (Å²) in [6.07, 6.45) is 2.70. The lowest BCUT2D eigenvalue weighted by Gasteiger charge is -2.22. The maximum atomic E-state index is 13.0. The molecule has 176 valence electrons. The third kappa shape index (κ3) is 6.05. The molecule has 4 rings (SSSR count). The van der Waals surface area contributed by atoms with E-state index in [-0.39, 0.29) is 18.4 Å². The number of hydrazine groups is 1. The van der Waals surface area contributed by atoms with Gasteiger partial charge in [-0.05, 0) is 47.2 Å². The van der Waals surface area contributed by atoms with E-state index in [0.717, 1.165) is 22.3 Å². The number of carbonyl (C=O) groups excluding carboxylic acids is 1. The Balaban J connectivity index is 1.41. The molecule has 1 aliphatic heterocycles. The number of aliphatic hydroxyl groups is 1. The maximum Gasteiger partial charge on any atom is 0.332 e. The first-order valence-electron chi connectivity index (χ1n) is 11.3. The summed E-state index contributed by atoms with van der Waals surface area (Å²) in [5.74, 6) is -1.55. The van der Waals surface area contributed by atoms with Crippen molar-refractivity contribution in [1.29, 1.82) is 0 Å². The fourth-order valence-corrected chi connectivity index (χ4v) is 4.16. The largest absolute Gasteiger partial charge is 0.479 e. The van der Waals surface area contributed by atoms with Crippen LogP contribution in [0.15, 0.2) is 79.1 Å². The molecule has 4 atom stereocenters. The van der Waals surface area contributed by atoms with Crippen LogP contribution < -0.4 is 16.2 Å². The first-order chi connectivity index (χ1) is 16.5. The number of amides is 1. The predicted molar refractivity (Wildman–Crippen MR) is 127 cm³/mol. The number of carboxylic acids is 1. The molecule has 1 aliphatic rings. The number of rotatable bonds is 9. The molecule has 8 heteroatoms. The molecule has 2 heterocycles. The van der Waals surface area contributed by atoms with Gasteiger partial charge in [-0.15, -0.1) is 0 Å². The van der Waals surface area contributed by atoms with Gasteiger partial charge in [0, 0.05) is 30.9 Å². The number of nitrogens with zero attached hydrogens (tertiary/aromatic N) is 1. The van der Waals surface area contributed by atoms with Crippen LogP contribution in [0.3, 0.4) is 0 Å². The second-order valence-electron chi connectivity index (χ2n) is 8.47. The summed E-state index contributed by atoms with van der Waals surface area (Å²) in [6.45, 7) is 0. The van der Waals surface area contributed by atoms with Crippen LogP contribution >= 0.6 is 0 Å². The van der Waals surface area contributed by atoms with Crippen LogP contribution in [0.2, 0.25) is 0 Å². The molecule has 0 saturated carbocycles. The van der Waals surface area contributed by atoms with E-state index in [2.05, 4.69) is 21.2 Å². The van der Waals surface area contributed by atoms with E-state index in [9.17, 15) is 19.8 Å². The van der Waals surface area contributed by atoms with E-state index < -0.39 is 24.2 Å². The lowest BCUT2D eigenvalue weighted by Crippen LogP contribution is -2.48. The van der Waals surface area contributed by atoms with E-state index in [1.807, 2.05) is 66.7 Å². The van der Waals surface area contributed by atoms with Crippen LogP contribution in [0.1, 0.15) is 30.0 Å². The lowest BCUT2D eigenvalue weighted by molar-refractivity contribution is -0.147. The highest BCUT2D eigenvalue weighted by molar-refractivity contribution is 5.82. The molecule has 0 spiro atoms. The topological polar surface area (TPSA) is 124 Å². The molecular weight excluding hydrogens is 432 g/mol. The van der Waals surface area contributed by atoms with Crippen molar-refractivity contribution in [2.24, 2.45) is 0 Å². The zero-order chi connectivity index (χ0) is 23.9. The first kappa shape index (κ1) is 23.6. The van der Waals surface area contributed by atoms with Crippen molar-refractivity contribution in [3.05, 3.63) is 90.3 Å². The third-order valence-corrected chi connectivity index (χ3v) is 6.01. The van der Waals surface area contributed by atoms with Crippen LogP contribution in [0.5, 0.6) is 0 Å². The Kier molecular flexibility index (Phi) is 7.64. The third-order valence-electron chi connectivity index (χ3n) is 6.01. The second kappa shape index (κ2) is 11.0. The van der Waals surface area contributed by atoms with Gasteiger partial charge in [0.1, 0.15) is 6.04 Å². The molecule has 0 bridgehead atoms. The normalized spacial score (nSPS) is 19.3. The molecule has 3 aromatic rings. The fraction of sp³-hybridized carbons (Fsp3) is 0.269. The Labute approximate surface area is 198 Å². The van der Waals surface area contributed by atoms with Crippen molar-refractivity contribution in [1.82, 2.24) is 21.2 Å². The zero-order valence-corrected chi connectivity index (χ0v) is 18.6. The number of benzene rings is 2. The number of aromatic nitrogens is 1. The molecule has 8 nitrogen and oxygen atoms in total. The molecule has 0 radical (unpaired) electrons. The van der Waals surface area contributed by atoms with Crippen molar-refractivity contribution in [2.45, 2.75) is 43.5 Å². The van der Waals surface area contributed by atoms with Gasteiger partial charge < -0.3 is 15.5 Å². The summed E-state index contributed by atoms with van der Waals surface area (Å²) < 4.78 is 0. The number of aliphatic hydroxyl groups excluding tert-OH is 1. The van der Waals surface area contributed by atoms with Gasteiger partial charge in [0.2, 0.25) is 5.91 Å². The van der Waals surface area contributed by atoms with E-state index in [1.165, 1.54) is 0 Å². The highest BCUT2D eigenvalue weighted by Crippen LogP contribution is 2.23. The summed E-state index contributed by atoms with van der Waals surface area (Å²) >= 11 is 0.